The van der Waals surface area contributed by atoms with E-state index in [2.05, 4.69) is 43.4 Å². The number of ketones is 2. The molecule has 0 fully saturated rings. The van der Waals surface area contributed by atoms with Crippen molar-refractivity contribution in [1.29, 1.82) is 0 Å². The predicted octanol–water partition coefficient (Wildman–Crippen LogP) is 4.97. The van der Waals surface area contributed by atoms with E-state index in [-0.39, 0.29) is 11.6 Å². The highest BCUT2D eigenvalue weighted by molar-refractivity contribution is 9.09. The summed E-state index contributed by atoms with van der Waals surface area (Å²) in [7, 11) is 0. The zero-order chi connectivity index (χ0) is 16.6. The van der Waals surface area contributed by atoms with Crippen molar-refractivity contribution in [3.63, 3.8) is 0 Å². The summed E-state index contributed by atoms with van der Waals surface area (Å²) in [5.74, 6) is 0.106. The van der Waals surface area contributed by atoms with Crippen LogP contribution in [0.5, 0.6) is 0 Å². The SMILES string of the molecule is CCn1c2ccc(C(=O)CBr)cc2c2cc(C(=O)CBr)ccc21. The van der Waals surface area contributed by atoms with Crippen LogP contribution in [0.2, 0.25) is 0 Å². The Morgan fingerprint density at radius 3 is 1.65 bits per heavy atom. The Hall–Kier alpha value is -1.46. The molecular formula is C18H15Br2NO2. The van der Waals surface area contributed by atoms with Gasteiger partial charge in [-0.1, -0.05) is 31.9 Å². The normalized spacial score (nSPS) is 11.3. The number of hydrogen-bond donors (Lipinski definition) is 0. The number of halogens is 2. The number of hydrogen-bond acceptors (Lipinski definition) is 2. The highest BCUT2D eigenvalue weighted by Crippen LogP contribution is 2.31. The lowest BCUT2D eigenvalue weighted by Crippen LogP contribution is -1.99. The molecule has 0 unspecified atom stereocenters. The number of nitrogens with zero attached hydrogens (tertiary/aromatic N) is 1. The third kappa shape index (κ3) is 2.76. The first kappa shape index (κ1) is 16.4. The summed E-state index contributed by atoms with van der Waals surface area (Å²) in [6, 6.07) is 11.6. The third-order valence-corrected chi connectivity index (χ3v) is 5.09. The minimum Gasteiger partial charge on any atom is -0.341 e. The second-order valence-electron chi connectivity index (χ2n) is 5.32. The van der Waals surface area contributed by atoms with Crippen LogP contribution in [0.1, 0.15) is 27.6 Å². The van der Waals surface area contributed by atoms with Crippen LogP contribution in [0, 0.1) is 0 Å². The van der Waals surface area contributed by atoms with Crippen molar-refractivity contribution in [2.45, 2.75) is 13.5 Å². The number of alkyl halides is 2. The largest absolute Gasteiger partial charge is 0.341 e. The molecule has 118 valence electrons. The summed E-state index contributed by atoms with van der Waals surface area (Å²) in [5.41, 5.74) is 3.53. The van der Waals surface area contributed by atoms with Gasteiger partial charge in [0.15, 0.2) is 11.6 Å². The number of benzene rings is 2. The summed E-state index contributed by atoms with van der Waals surface area (Å²) in [4.78, 5) is 24.0. The second-order valence-corrected chi connectivity index (χ2v) is 6.44. The first-order chi connectivity index (χ1) is 11.1. The van der Waals surface area contributed by atoms with Crippen molar-refractivity contribution < 1.29 is 9.59 Å². The number of aromatic nitrogens is 1. The first-order valence-corrected chi connectivity index (χ1v) is 9.59. The van der Waals surface area contributed by atoms with Crippen LogP contribution in [-0.4, -0.2) is 26.8 Å². The molecule has 0 amide bonds. The van der Waals surface area contributed by atoms with E-state index >= 15 is 0 Å². The number of fused-ring (bicyclic) bond motifs is 3. The van der Waals surface area contributed by atoms with E-state index in [0.717, 1.165) is 28.4 Å². The van der Waals surface area contributed by atoms with Gasteiger partial charge in [0.25, 0.3) is 0 Å². The van der Waals surface area contributed by atoms with Crippen LogP contribution in [0.25, 0.3) is 21.8 Å². The molecule has 5 heteroatoms. The van der Waals surface area contributed by atoms with Crippen molar-refractivity contribution in [2.24, 2.45) is 0 Å². The molecule has 0 atom stereocenters. The van der Waals surface area contributed by atoms with Crippen LogP contribution in [0.15, 0.2) is 36.4 Å². The number of rotatable bonds is 5. The Morgan fingerprint density at radius 1 is 0.870 bits per heavy atom. The molecule has 1 heterocycles. The van der Waals surface area contributed by atoms with Gasteiger partial charge in [0.05, 0.1) is 10.7 Å². The van der Waals surface area contributed by atoms with Gasteiger partial charge in [-0.25, -0.2) is 0 Å². The standard InChI is InChI=1S/C18H15Br2NO2/c1-2-21-15-5-3-11(17(22)9-19)7-13(15)14-8-12(18(23)10-20)4-6-16(14)21/h3-8H,2,9-10H2,1H3. The van der Waals surface area contributed by atoms with E-state index in [1.165, 1.54) is 0 Å². The molecule has 0 aliphatic carbocycles. The molecule has 3 nitrogen and oxygen atoms in total. The maximum absolute atomic E-state index is 12.0. The lowest BCUT2D eigenvalue weighted by Gasteiger charge is -2.03. The quantitative estimate of drug-likeness (QED) is 0.418. The minimum atomic E-state index is 0.0528. The molecule has 3 rings (SSSR count). The summed E-state index contributed by atoms with van der Waals surface area (Å²) in [6.07, 6.45) is 0. The van der Waals surface area contributed by atoms with Crippen LogP contribution >= 0.6 is 31.9 Å². The molecular weight excluding hydrogens is 422 g/mol. The predicted molar refractivity (Wildman–Crippen MR) is 101 cm³/mol. The Labute approximate surface area is 150 Å². The van der Waals surface area contributed by atoms with E-state index in [4.69, 9.17) is 0 Å². The highest BCUT2D eigenvalue weighted by atomic mass is 79.9. The highest BCUT2D eigenvalue weighted by Gasteiger charge is 2.14. The van der Waals surface area contributed by atoms with Gasteiger partial charge in [-0.05, 0) is 43.3 Å². The van der Waals surface area contributed by atoms with E-state index in [1.54, 1.807) is 0 Å². The van der Waals surface area contributed by atoms with Crippen LogP contribution in [0.4, 0.5) is 0 Å². The van der Waals surface area contributed by atoms with Gasteiger partial charge in [-0.2, -0.15) is 0 Å². The molecule has 0 aliphatic heterocycles. The van der Waals surface area contributed by atoms with Crippen LogP contribution < -0.4 is 0 Å². The molecule has 23 heavy (non-hydrogen) atoms. The van der Waals surface area contributed by atoms with Crippen molar-refractivity contribution in [3.05, 3.63) is 47.5 Å². The monoisotopic (exact) mass is 435 g/mol. The van der Waals surface area contributed by atoms with Gasteiger partial charge in [0.2, 0.25) is 0 Å². The average Bonchev–Trinajstić information content (AvgIpc) is 2.92. The second kappa shape index (κ2) is 6.57. The van der Waals surface area contributed by atoms with Gasteiger partial charge in [-0.15, -0.1) is 0 Å². The number of carbonyl (C=O) groups is 2. The topological polar surface area (TPSA) is 39.1 Å². The van der Waals surface area contributed by atoms with Crippen LogP contribution in [-0.2, 0) is 6.54 Å². The molecule has 0 saturated carbocycles. The summed E-state index contributed by atoms with van der Waals surface area (Å²) in [6.45, 7) is 2.92. The molecule has 1 aromatic heterocycles. The zero-order valence-corrected chi connectivity index (χ0v) is 15.8. The summed E-state index contributed by atoms with van der Waals surface area (Å²) < 4.78 is 2.20. The van der Waals surface area contributed by atoms with E-state index in [9.17, 15) is 9.59 Å². The third-order valence-electron chi connectivity index (χ3n) is 4.07. The molecule has 0 N–H and O–H groups in total. The number of carbonyl (C=O) groups excluding carboxylic acids is 2. The molecule has 0 saturated heterocycles. The first-order valence-electron chi connectivity index (χ1n) is 7.35. The Bertz CT molecular complexity index is 854. The van der Waals surface area contributed by atoms with Crippen LogP contribution in [0.3, 0.4) is 0 Å². The fraction of sp³-hybridized carbons (Fsp3) is 0.222. The smallest absolute Gasteiger partial charge is 0.173 e. The minimum absolute atomic E-state index is 0.0528. The summed E-state index contributed by atoms with van der Waals surface area (Å²) in [5, 5.41) is 2.63. The Balaban J connectivity index is 2.35. The lowest BCUT2D eigenvalue weighted by molar-refractivity contribution is 0.101. The lowest BCUT2D eigenvalue weighted by atomic mass is 10.0. The van der Waals surface area contributed by atoms with Crippen molar-refractivity contribution in [2.75, 3.05) is 10.7 Å². The average molecular weight is 437 g/mol. The van der Waals surface area contributed by atoms with Crippen molar-refractivity contribution in [3.8, 4) is 0 Å². The van der Waals surface area contributed by atoms with Gasteiger partial charge < -0.3 is 4.57 Å². The van der Waals surface area contributed by atoms with E-state index < -0.39 is 0 Å². The van der Waals surface area contributed by atoms with Crippen molar-refractivity contribution >= 4 is 65.2 Å². The molecule has 0 bridgehead atoms. The van der Waals surface area contributed by atoms with Gasteiger partial charge in [0, 0.05) is 39.5 Å². The van der Waals surface area contributed by atoms with Crippen molar-refractivity contribution in [1.82, 2.24) is 4.57 Å². The Morgan fingerprint density at radius 2 is 1.30 bits per heavy atom. The fourth-order valence-corrected chi connectivity index (χ4v) is 3.59. The summed E-state index contributed by atoms with van der Waals surface area (Å²) >= 11 is 6.44. The van der Waals surface area contributed by atoms with E-state index in [0.29, 0.717) is 21.8 Å². The fourth-order valence-electron chi connectivity index (χ4n) is 2.95. The van der Waals surface area contributed by atoms with Gasteiger partial charge >= 0.3 is 0 Å². The maximum Gasteiger partial charge on any atom is 0.173 e. The molecule has 3 aromatic rings. The molecule has 0 spiro atoms. The number of aryl methyl sites for hydroxylation is 1. The molecule has 0 radical (unpaired) electrons. The molecule has 0 aliphatic rings. The number of Topliss-reactive ketones (excluding diaryl/α,β-unsaturated/α-hetero) is 2. The van der Waals surface area contributed by atoms with Gasteiger partial charge in [-0.3, -0.25) is 9.59 Å². The maximum atomic E-state index is 12.0. The molecule has 2 aromatic carbocycles. The van der Waals surface area contributed by atoms with Gasteiger partial charge in [0.1, 0.15) is 0 Å². The van der Waals surface area contributed by atoms with E-state index in [1.807, 2.05) is 36.4 Å². The Kier molecular flexibility index (Phi) is 4.69. The zero-order valence-electron chi connectivity index (χ0n) is 12.6.